The van der Waals surface area contributed by atoms with E-state index in [-0.39, 0.29) is 18.3 Å². The Morgan fingerprint density at radius 2 is 2.09 bits per heavy atom. The minimum absolute atomic E-state index is 0.0872. The number of thioether (sulfide) groups is 1. The van der Waals surface area contributed by atoms with E-state index < -0.39 is 12.1 Å². The minimum atomic E-state index is -1.11. The molecular weight excluding hydrogens is 451 g/mol. The van der Waals surface area contributed by atoms with Gasteiger partial charge in [-0.05, 0) is 80.3 Å². The molecule has 2 fully saturated rings. The number of hydrogen-bond acceptors (Lipinski definition) is 5. The van der Waals surface area contributed by atoms with Crippen molar-refractivity contribution >= 4 is 28.6 Å². The average molecular weight is 489 g/mol. The molecule has 1 aromatic heterocycles. The van der Waals surface area contributed by atoms with Crippen molar-refractivity contribution in [2.75, 3.05) is 32.5 Å². The van der Waals surface area contributed by atoms with Gasteiger partial charge in [-0.2, -0.15) is 11.8 Å². The van der Waals surface area contributed by atoms with Crippen molar-refractivity contribution in [3.8, 4) is 5.75 Å². The number of methoxy groups -OCH3 is 1. The number of piperidine rings is 1. The van der Waals surface area contributed by atoms with E-state index in [1.165, 1.54) is 25.7 Å². The fourth-order valence-corrected chi connectivity index (χ4v) is 7.02. The first-order chi connectivity index (χ1) is 16.5. The molecule has 0 unspecified atom stereocenters. The van der Waals surface area contributed by atoms with Crippen LogP contribution in [0.3, 0.4) is 0 Å². The molecule has 186 valence electrons. The Labute approximate surface area is 206 Å². The molecule has 2 aromatic rings. The predicted molar refractivity (Wildman–Crippen MR) is 136 cm³/mol. The molecule has 2 heterocycles. The lowest BCUT2D eigenvalue weighted by molar-refractivity contribution is -0.139. The zero-order valence-corrected chi connectivity index (χ0v) is 20.9. The number of benzene rings is 1. The summed E-state index contributed by atoms with van der Waals surface area (Å²) in [6, 6.07) is 7.29. The molecule has 1 N–H and O–H groups in total. The Kier molecular flexibility index (Phi) is 9.06. The van der Waals surface area contributed by atoms with Gasteiger partial charge >= 0.3 is 5.97 Å². The number of aromatic nitrogens is 1. The molecule has 0 bridgehead atoms. The van der Waals surface area contributed by atoms with Crippen LogP contribution < -0.4 is 4.74 Å². The molecule has 0 radical (unpaired) electrons. The van der Waals surface area contributed by atoms with Crippen LogP contribution in [0.5, 0.6) is 5.75 Å². The van der Waals surface area contributed by atoms with Crippen LogP contribution in [-0.2, 0) is 4.79 Å². The number of alkyl halides is 1. The first-order valence-corrected chi connectivity index (χ1v) is 13.7. The smallest absolute Gasteiger partial charge is 0.303 e. The van der Waals surface area contributed by atoms with Gasteiger partial charge in [0.15, 0.2) is 0 Å². The molecule has 34 heavy (non-hydrogen) atoms. The summed E-state index contributed by atoms with van der Waals surface area (Å²) in [6.45, 7) is 2.83. The van der Waals surface area contributed by atoms with Crippen molar-refractivity contribution in [1.29, 1.82) is 0 Å². The number of nitrogens with zero attached hydrogens (tertiary/aromatic N) is 2. The van der Waals surface area contributed by atoms with Crippen LogP contribution in [0.25, 0.3) is 10.9 Å². The molecule has 7 heteroatoms. The molecule has 1 aromatic carbocycles. The maximum atomic E-state index is 15.4. The summed E-state index contributed by atoms with van der Waals surface area (Å²) in [5, 5.41) is 11.1. The second-order valence-electron chi connectivity index (χ2n) is 9.81. The van der Waals surface area contributed by atoms with Gasteiger partial charge in [-0.15, -0.1) is 0 Å². The van der Waals surface area contributed by atoms with Gasteiger partial charge in [-0.1, -0.05) is 12.8 Å². The molecule has 2 aliphatic rings. The quantitative estimate of drug-likeness (QED) is 0.411. The molecule has 0 amide bonds. The van der Waals surface area contributed by atoms with Gasteiger partial charge in [-0.3, -0.25) is 9.78 Å². The van der Waals surface area contributed by atoms with Crippen molar-refractivity contribution in [2.24, 2.45) is 11.8 Å². The summed E-state index contributed by atoms with van der Waals surface area (Å²) in [5.74, 6) is 1.40. The number of pyridine rings is 1. The number of carboxylic acid groups (broad SMARTS) is 1. The Morgan fingerprint density at radius 1 is 1.26 bits per heavy atom. The van der Waals surface area contributed by atoms with Crippen LogP contribution >= 0.6 is 11.8 Å². The summed E-state index contributed by atoms with van der Waals surface area (Å²) >= 11 is 2.09. The molecule has 1 saturated carbocycles. The third-order valence-corrected chi connectivity index (χ3v) is 8.95. The number of ether oxygens (including phenoxy) is 1. The predicted octanol–water partition coefficient (Wildman–Crippen LogP) is 6.12. The van der Waals surface area contributed by atoms with Crippen LogP contribution in [0.2, 0.25) is 0 Å². The lowest BCUT2D eigenvalue weighted by Crippen LogP contribution is -2.42. The summed E-state index contributed by atoms with van der Waals surface area (Å²) in [4.78, 5) is 18.3. The fraction of sp³-hybridized carbons (Fsp3) is 0.630. The number of carboxylic acids is 1. The van der Waals surface area contributed by atoms with Crippen LogP contribution in [0, 0.1) is 11.8 Å². The van der Waals surface area contributed by atoms with Crippen molar-refractivity contribution in [1.82, 2.24) is 9.88 Å². The summed E-state index contributed by atoms with van der Waals surface area (Å²) < 4.78 is 20.8. The van der Waals surface area contributed by atoms with Crippen LogP contribution in [-0.4, -0.2) is 58.7 Å². The SMILES string of the molecule is COc1ccc2nccc([C@@H](F)CC[C@@H]3CCN(CCSC4CCCC4)C[C@@H]3CC(=O)O)c2c1. The van der Waals surface area contributed by atoms with E-state index >= 15 is 4.39 Å². The Balaban J connectivity index is 1.34. The lowest BCUT2D eigenvalue weighted by Gasteiger charge is -2.38. The van der Waals surface area contributed by atoms with Crippen molar-refractivity contribution in [3.05, 3.63) is 36.0 Å². The highest BCUT2D eigenvalue weighted by molar-refractivity contribution is 7.99. The van der Waals surface area contributed by atoms with Gasteiger partial charge in [0.1, 0.15) is 11.9 Å². The van der Waals surface area contributed by atoms with Crippen LogP contribution in [0.4, 0.5) is 4.39 Å². The molecule has 1 aliphatic carbocycles. The molecule has 3 atom stereocenters. The summed E-state index contributed by atoms with van der Waals surface area (Å²) in [6.07, 6.45) is 8.19. The monoisotopic (exact) mass is 488 g/mol. The number of carbonyl (C=O) groups is 1. The third kappa shape index (κ3) is 6.63. The lowest BCUT2D eigenvalue weighted by atomic mass is 9.79. The number of hydrogen-bond donors (Lipinski definition) is 1. The van der Waals surface area contributed by atoms with E-state index in [9.17, 15) is 9.90 Å². The topological polar surface area (TPSA) is 62.7 Å². The van der Waals surface area contributed by atoms with Gasteiger partial charge in [0.25, 0.3) is 0 Å². The minimum Gasteiger partial charge on any atom is -0.497 e. The Bertz CT molecular complexity index is 953. The highest BCUT2D eigenvalue weighted by Gasteiger charge is 2.31. The van der Waals surface area contributed by atoms with E-state index in [2.05, 4.69) is 21.6 Å². The van der Waals surface area contributed by atoms with E-state index in [1.807, 2.05) is 18.2 Å². The molecule has 4 rings (SSSR count). The largest absolute Gasteiger partial charge is 0.497 e. The van der Waals surface area contributed by atoms with E-state index in [4.69, 9.17) is 4.74 Å². The summed E-state index contributed by atoms with van der Waals surface area (Å²) in [5.41, 5.74) is 1.40. The standard InChI is InChI=1S/C27H37FN2O3S/c1-33-21-7-9-26-24(17-21)23(10-12-29-26)25(28)8-6-19-11-13-30(18-20(19)16-27(31)32)14-15-34-22-4-2-3-5-22/h7,9-10,12,17,19-20,22,25H,2-6,8,11,13-16,18H2,1H3,(H,31,32)/t19-,20+,25+/m1/s1. The third-order valence-electron chi connectivity index (χ3n) is 7.59. The first-order valence-electron chi connectivity index (χ1n) is 12.7. The van der Waals surface area contributed by atoms with Crippen LogP contribution in [0.1, 0.15) is 63.1 Å². The van der Waals surface area contributed by atoms with Gasteiger partial charge in [-0.25, -0.2) is 4.39 Å². The van der Waals surface area contributed by atoms with Gasteiger partial charge < -0.3 is 14.7 Å². The molecule has 5 nitrogen and oxygen atoms in total. The van der Waals surface area contributed by atoms with Crippen molar-refractivity contribution < 1.29 is 19.0 Å². The number of halogens is 1. The zero-order chi connectivity index (χ0) is 23.9. The van der Waals surface area contributed by atoms with E-state index in [1.54, 1.807) is 19.4 Å². The van der Waals surface area contributed by atoms with Crippen molar-refractivity contribution in [3.63, 3.8) is 0 Å². The average Bonchev–Trinajstić information content (AvgIpc) is 3.36. The molecule has 0 spiro atoms. The molecule has 1 aliphatic heterocycles. The number of aliphatic carboxylic acids is 1. The second kappa shape index (κ2) is 12.2. The normalized spacial score (nSPS) is 22.8. The number of fused-ring (bicyclic) bond motifs is 1. The van der Waals surface area contributed by atoms with Crippen molar-refractivity contribution in [2.45, 2.75) is 62.8 Å². The van der Waals surface area contributed by atoms with Crippen LogP contribution in [0.15, 0.2) is 30.5 Å². The maximum absolute atomic E-state index is 15.4. The first kappa shape index (κ1) is 25.2. The number of rotatable bonds is 11. The fourth-order valence-electron chi connectivity index (χ4n) is 5.66. The Morgan fingerprint density at radius 3 is 2.85 bits per heavy atom. The maximum Gasteiger partial charge on any atom is 0.303 e. The zero-order valence-electron chi connectivity index (χ0n) is 20.1. The second-order valence-corrected chi connectivity index (χ2v) is 11.2. The van der Waals surface area contributed by atoms with Gasteiger partial charge in [0.2, 0.25) is 0 Å². The van der Waals surface area contributed by atoms with Gasteiger partial charge in [0.05, 0.1) is 12.6 Å². The highest BCUT2D eigenvalue weighted by atomic mass is 32.2. The van der Waals surface area contributed by atoms with E-state index in [0.29, 0.717) is 24.2 Å². The van der Waals surface area contributed by atoms with Gasteiger partial charge in [0, 0.05) is 42.1 Å². The highest BCUT2D eigenvalue weighted by Crippen LogP contribution is 2.36. The van der Waals surface area contributed by atoms with E-state index in [0.717, 1.165) is 48.0 Å². The molecule has 1 saturated heterocycles. The summed E-state index contributed by atoms with van der Waals surface area (Å²) in [7, 11) is 1.60. The number of likely N-dealkylation sites (tertiary alicyclic amines) is 1. The molecular formula is C27H37FN2O3S. The Hall–Kier alpha value is -1.86.